The number of anilines is 2. The van der Waals surface area contributed by atoms with Crippen molar-refractivity contribution in [3.05, 3.63) is 69.4 Å². The van der Waals surface area contributed by atoms with E-state index in [1.807, 2.05) is 0 Å². The molecule has 228 valence electrons. The molecule has 1 atom stereocenters. The van der Waals surface area contributed by atoms with E-state index in [1.165, 1.54) is 6.20 Å². The number of rotatable bonds is 6. The summed E-state index contributed by atoms with van der Waals surface area (Å²) in [5.74, 6) is -3.26. The normalized spacial score (nSPS) is 17.9. The maximum Gasteiger partial charge on any atom is 0.341 e. The van der Waals surface area contributed by atoms with Crippen LogP contribution in [0.1, 0.15) is 21.6 Å². The maximum atomic E-state index is 15.6. The maximum absolute atomic E-state index is 15.6. The van der Waals surface area contributed by atoms with Crippen molar-refractivity contribution in [2.45, 2.75) is 19.1 Å². The summed E-state index contributed by atoms with van der Waals surface area (Å²) in [4.78, 5) is 37.0. The molecule has 0 bridgehead atoms. The Bertz CT molecular complexity index is 1870. The summed E-state index contributed by atoms with van der Waals surface area (Å²) in [6, 6.07) is 2.76. The number of carbonyl (C=O) groups is 1. The monoisotopic (exact) mass is 604 g/mol. The number of halogens is 2. The third-order valence-corrected chi connectivity index (χ3v) is 8.51. The van der Waals surface area contributed by atoms with Crippen LogP contribution in [0.25, 0.3) is 33.3 Å². The number of benzene rings is 1. The van der Waals surface area contributed by atoms with Crippen LogP contribution in [0.5, 0.6) is 0 Å². The van der Waals surface area contributed by atoms with Crippen LogP contribution in [-0.4, -0.2) is 84.8 Å². The molecule has 7 rings (SSSR count). The van der Waals surface area contributed by atoms with Crippen LogP contribution >= 0.6 is 0 Å². The molecule has 13 heteroatoms. The number of fused-ring (bicyclic) bond motifs is 4. The third kappa shape index (κ3) is 4.68. The van der Waals surface area contributed by atoms with Crippen molar-refractivity contribution in [3.63, 3.8) is 0 Å². The van der Waals surface area contributed by atoms with Crippen molar-refractivity contribution in [1.29, 1.82) is 0 Å². The quantitative estimate of drug-likeness (QED) is 0.266. The second-order valence-corrected chi connectivity index (χ2v) is 11.1. The molecule has 0 amide bonds. The molecule has 3 aliphatic rings. The highest BCUT2D eigenvalue weighted by Crippen LogP contribution is 2.50. The van der Waals surface area contributed by atoms with Crippen LogP contribution in [0.4, 0.5) is 20.2 Å². The highest BCUT2D eigenvalue weighted by atomic mass is 19.2. The predicted octanol–water partition coefficient (Wildman–Crippen LogP) is 2.87. The number of morpholine rings is 2. The largest absolute Gasteiger partial charge is 0.477 e. The van der Waals surface area contributed by atoms with Crippen LogP contribution in [-0.2, 0) is 22.4 Å². The van der Waals surface area contributed by atoms with Gasteiger partial charge in [-0.25, -0.2) is 18.6 Å². The van der Waals surface area contributed by atoms with Crippen LogP contribution < -0.4 is 21.0 Å². The van der Waals surface area contributed by atoms with E-state index in [4.69, 9.17) is 14.5 Å². The van der Waals surface area contributed by atoms with Crippen molar-refractivity contribution < 1.29 is 28.2 Å². The molecule has 2 fully saturated rings. The van der Waals surface area contributed by atoms with E-state index >= 15 is 4.39 Å². The van der Waals surface area contributed by atoms with Crippen molar-refractivity contribution in [2.24, 2.45) is 0 Å². The first kappa shape index (κ1) is 28.3. The molecule has 3 N–H and O–H groups in total. The average molecular weight is 605 g/mol. The standard InChI is InChI=1S/C31H30F2N6O5/c1-34-23-10-22(32)27(33)25-18(23)9-24-26(25)28(38-3-6-43-7-4-38)20(13-36-24)16-8-19-29(40)21(31(41)42)15-39(30(19)37-11-16)14-17-12-35-2-5-44-17/h8,10-11,13,15,17,34-35H,2-7,9,12,14H2,1H3,(H,41,42). The number of aromatic carboxylic acids is 1. The Labute approximate surface area is 250 Å². The molecule has 4 aromatic rings. The predicted molar refractivity (Wildman–Crippen MR) is 160 cm³/mol. The van der Waals surface area contributed by atoms with Crippen LogP contribution in [0.3, 0.4) is 0 Å². The molecule has 0 spiro atoms. The summed E-state index contributed by atoms with van der Waals surface area (Å²) in [6.45, 7) is 4.00. The lowest BCUT2D eigenvalue weighted by molar-refractivity contribution is 0.0187. The minimum atomic E-state index is -1.35. The number of ether oxygens (including phenoxy) is 2. The topological polar surface area (TPSA) is 131 Å². The first-order valence-electron chi connectivity index (χ1n) is 14.5. The molecule has 3 aromatic heterocycles. The lowest BCUT2D eigenvalue weighted by Gasteiger charge is -2.32. The lowest BCUT2D eigenvalue weighted by atomic mass is 9.96. The number of hydrogen-bond acceptors (Lipinski definition) is 9. The Hall–Kier alpha value is -4.46. The van der Waals surface area contributed by atoms with E-state index in [1.54, 1.807) is 30.1 Å². The Morgan fingerprint density at radius 2 is 1.98 bits per heavy atom. The molecular formula is C31H30F2N6O5. The fraction of sp³-hybridized carbons (Fsp3) is 0.355. The first-order chi connectivity index (χ1) is 21.4. The molecule has 2 saturated heterocycles. The molecular weight excluding hydrogens is 574 g/mol. The van der Waals surface area contributed by atoms with Gasteiger partial charge in [0.15, 0.2) is 11.6 Å². The number of carboxylic acid groups (broad SMARTS) is 1. The zero-order valence-corrected chi connectivity index (χ0v) is 24.0. The van der Waals surface area contributed by atoms with Crippen molar-refractivity contribution in [3.8, 4) is 22.3 Å². The highest BCUT2D eigenvalue weighted by Gasteiger charge is 2.34. The first-order valence-corrected chi connectivity index (χ1v) is 14.5. The third-order valence-electron chi connectivity index (χ3n) is 8.51. The van der Waals surface area contributed by atoms with Gasteiger partial charge in [0, 0.05) is 92.2 Å². The minimum absolute atomic E-state index is 0.120. The summed E-state index contributed by atoms with van der Waals surface area (Å²) in [5.41, 5.74) is 3.33. The van der Waals surface area contributed by atoms with Gasteiger partial charge in [0.1, 0.15) is 11.2 Å². The van der Waals surface area contributed by atoms with Crippen molar-refractivity contribution in [1.82, 2.24) is 19.9 Å². The molecule has 5 heterocycles. The summed E-state index contributed by atoms with van der Waals surface area (Å²) < 4.78 is 43.5. The fourth-order valence-electron chi connectivity index (χ4n) is 6.43. The van der Waals surface area contributed by atoms with E-state index in [0.29, 0.717) is 97.4 Å². The van der Waals surface area contributed by atoms with Gasteiger partial charge in [0.05, 0.1) is 49.2 Å². The summed E-state index contributed by atoms with van der Waals surface area (Å²) in [7, 11) is 1.66. The Morgan fingerprint density at radius 1 is 1.16 bits per heavy atom. The zero-order valence-electron chi connectivity index (χ0n) is 24.0. The lowest BCUT2D eigenvalue weighted by Crippen LogP contribution is -2.41. The van der Waals surface area contributed by atoms with Gasteiger partial charge in [0.2, 0.25) is 5.43 Å². The van der Waals surface area contributed by atoms with Crippen LogP contribution in [0.15, 0.2) is 35.5 Å². The van der Waals surface area contributed by atoms with E-state index in [0.717, 1.165) is 12.6 Å². The fourth-order valence-corrected chi connectivity index (χ4v) is 6.43. The summed E-state index contributed by atoms with van der Waals surface area (Å²) in [6.07, 6.45) is 4.65. The van der Waals surface area contributed by atoms with Gasteiger partial charge in [-0.3, -0.25) is 9.78 Å². The van der Waals surface area contributed by atoms with Crippen molar-refractivity contribution in [2.75, 3.05) is 63.3 Å². The molecule has 1 unspecified atom stereocenters. The SMILES string of the molecule is CNc1cc(F)c(F)c2c1Cc1ncc(-c3cnc4c(c3)c(=O)c(C(=O)O)cn4CC3CNCCO3)c(N3CCOCC3)c1-2. The molecule has 44 heavy (non-hydrogen) atoms. The van der Waals surface area contributed by atoms with Gasteiger partial charge in [0.25, 0.3) is 0 Å². The molecule has 1 aliphatic carbocycles. The van der Waals surface area contributed by atoms with Crippen molar-refractivity contribution >= 4 is 28.4 Å². The zero-order chi connectivity index (χ0) is 30.5. The molecule has 1 aromatic carbocycles. The van der Waals surface area contributed by atoms with Crippen LogP contribution in [0, 0.1) is 11.6 Å². The summed E-state index contributed by atoms with van der Waals surface area (Å²) in [5, 5.41) is 16.2. The van der Waals surface area contributed by atoms with E-state index in [9.17, 15) is 19.1 Å². The molecule has 0 radical (unpaired) electrons. The van der Waals surface area contributed by atoms with E-state index in [-0.39, 0.29) is 22.6 Å². The van der Waals surface area contributed by atoms with Gasteiger partial charge in [-0.15, -0.1) is 0 Å². The summed E-state index contributed by atoms with van der Waals surface area (Å²) >= 11 is 0. The molecule has 11 nitrogen and oxygen atoms in total. The minimum Gasteiger partial charge on any atom is -0.477 e. The Kier molecular flexibility index (Phi) is 7.23. The number of pyridine rings is 3. The second kappa shape index (κ2) is 11.2. The number of carboxylic acids is 1. The van der Waals surface area contributed by atoms with Gasteiger partial charge in [-0.05, 0) is 11.6 Å². The van der Waals surface area contributed by atoms with Gasteiger partial charge in [-0.1, -0.05) is 0 Å². The second-order valence-electron chi connectivity index (χ2n) is 11.1. The van der Waals surface area contributed by atoms with E-state index < -0.39 is 23.0 Å². The van der Waals surface area contributed by atoms with E-state index in [2.05, 4.69) is 20.5 Å². The smallest absolute Gasteiger partial charge is 0.341 e. The Balaban J connectivity index is 1.44. The van der Waals surface area contributed by atoms with Crippen LogP contribution in [0.2, 0.25) is 0 Å². The number of hydrogen-bond donors (Lipinski definition) is 3. The number of nitrogens with one attached hydrogen (secondary N) is 2. The van der Waals surface area contributed by atoms with Gasteiger partial charge >= 0.3 is 5.97 Å². The average Bonchev–Trinajstić information content (AvgIpc) is 3.44. The highest BCUT2D eigenvalue weighted by molar-refractivity contribution is 5.98. The molecule has 2 aliphatic heterocycles. The number of nitrogens with zero attached hydrogens (tertiary/aromatic N) is 4. The molecule has 0 saturated carbocycles. The van der Waals surface area contributed by atoms with Gasteiger partial charge in [-0.2, -0.15) is 0 Å². The van der Waals surface area contributed by atoms with Gasteiger partial charge < -0.3 is 34.7 Å². The number of aromatic nitrogens is 3. The Morgan fingerprint density at radius 3 is 2.70 bits per heavy atom.